The summed E-state index contributed by atoms with van der Waals surface area (Å²) in [5.74, 6) is 0. The molecular weight excluding hydrogens is 1010 g/mol. The molecule has 0 amide bonds. The first kappa shape index (κ1) is 47.7. The predicted molar refractivity (Wildman–Crippen MR) is 362 cm³/mol. The first-order valence-electron chi connectivity index (χ1n) is 29.0. The smallest absolute Gasteiger partial charge is 0.0540 e. The summed E-state index contributed by atoms with van der Waals surface area (Å²) in [5.41, 5.74) is 11.3. The summed E-state index contributed by atoms with van der Waals surface area (Å²) >= 11 is 0. The van der Waals surface area contributed by atoms with E-state index in [0.717, 1.165) is 45.3 Å². The van der Waals surface area contributed by atoms with Crippen LogP contribution in [0.15, 0.2) is 315 Å². The van der Waals surface area contributed by atoms with E-state index in [1.165, 1.54) is 119 Å². The number of rotatable bonds is 8. The lowest BCUT2D eigenvalue weighted by atomic mass is 9.84. The fourth-order valence-corrected chi connectivity index (χ4v) is 13.8. The van der Waals surface area contributed by atoms with Gasteiger partial charge in [0.05, 0.1) is 17.1 Å². The van der Waals surface area contributed by atoms with Gasteiger partial charge in [-0.05, 0) is 181 Å². The Kier molecular flexibility index (Phi) is 11.0. The zero-order valence-corrected chi connectivity index (χ0v) is 45.9. The van der Waals surface area contributed by atoms with E-state index in [0.29, 0.717) is 0 Å². The summed E-state index contributed by atoms with van der Waals surface area (Å²) in [5, 5.41) is 24.1. The Balaban J connectivity index is 1.01. The predicted octanol–water partition coefficient (Wildman–Crippen LogP) is 23.5. The second-order valence-corrected chi connectivity index (χ2v) is 22.4. The van der Waals surface area contributed by atoms with E-state index in [2.05, 4.69) is 325 Å². The van der Waals surface area contributed by atoms with Crippen molar-refractivity contribution in [3.63, 3.8) is 0 Å². The van der Waals surface area contributed by atoms with E-state index in [1.54, 1.807) is 0 Å². The third-order valence-corrected chi connectivity index (χ3v) is 17.7. The summed E-state index contributed by atoms with van der Waals surface area (Å²) in [6, 6.07) is 118. The van der Waals surface area contributed by atoms with Crippen molar-refractivity contribution in [2.24, 2.45) is 0 Å². The molecule has 0 radical (unpaired) electrons. The van der Waals surface area contributed by atoms with Crippen molar-refractivity contribution in [2.45, 2.75) is 0 Å². The SMILES string of the molecule is c1ccc2cc(N(c3ccc4c(-c5ccc6c(ccc7ccccc76)c5)c5cc(N(c6cccc7ccccc67)c6cccc7ccccc67)ccc5c(-c5ccc6c(ccc7ccccc76)c5)c4c3)c3cccc4ccccc34)ccc2c1. The monoisotopic (exact) mass is 1060 g/mol. The maximum atomic E-state index is 2.50. The Morgan fingerprint density at radius 2 is 0.464 bits per heavy atom. The van der Waals surface area contributed by atoms with Crippen molar-refractivity contribution in [3.05, 3.63) is 315 Å². The Labute approximate surface area is 486 Å². The summed E-state index contributed by atoms with van der Waals surface area (Å²) in [6.07, 6.45) is 0. The second kappa shape index (κ2) is 19.3. The first-order chi connectivity index (χ1) is 41.6. The summed E-state index contributed by atoms with van der Waals surface area (Å²) in [4.78, 5) is 4.98. The van der Waals surface area contributed by atoms with Crippen LogP contribution < -0.4 is 9.80 Å². The van der Waals surface area contributed by atoms with Crippen LogP contribution in [0.1, 0.15) is 0 Å². The summed E-state index contributed by atoms with van der Waals surface area (Å²) < 4.78 is 0. The molecule has 2 nitrogen and oxygen atoms in total. The van der Waals surface area contributed by atoms with Gasteiger partial charge >= 0.3 is 0 Å². The van der Waals surface area contributed by atoms with Crippen molar-refractivity contribution < 1.29 is 0 Å². The molecule has 17 rings (SSSR count). The first-order valence-corrected chi connectivity index (χ1v) is 29.0. The Bertz CT molecular complexity index is 5450. The molecule has 17 aromatic carbocycles. The molecule has 84 heavy (non-hydrogen) atoms. The van der Waals surface area contributed by atoms with Crippen LogP contribution in [0.2, 0.25) is 0 Å². The van der Waals surface area contributed by atoms with Gasteiger partial charge in [0.2, 0.25) is 0 Å². The molecule has 0 N–H and O–H groups in total. The molecule has 0 unspecified atom stereocenters. The molecule has 0 aromatic heterocycles. The zero-order chi connectivity index (χ0) is 55.2. The molecule has 0 fully saturated rings. The lowest BCUT2D eigenvalue weighted by Gasteiger charge is -2.30. The van der Waals surface area contributed by atoms with Crippen molar-refractivity contribution in [2.75, 3.05) is 9.80 Å². The second-order valence-electron chi connectivity index (χ2n) is 22.4. The van der Waals surface area contributed by atoms with Gasteiger partial charge in [0.15, 0.2) is 0 Å². The van der Waals surface area contributed by atoms with Crippen molar-refractivity contribution in [1.82, 2.24) is 0 Å². The minimum Gasteiger partial charge on any atom is -0.310 e. The topological polar surface area (TPSA) is 6.48 Å². The molecular formula is C82H52N2. The van der Waals surface area contributed by atoms with E-state index in [4.69, 9.17) is 0 Å². The van der Waals surface area contributed by atoms with Crippen LogP contribution in [0.3, 0.4) is 0 Å². The fourth-order valence-electron chi connectivity index (χ4n) is 13.8. The summed E-state index contributed by atoms with van der Waals surface area (Å²) in [6.45, 7) is 0. The van der Waals surface area contributed by atoms with Gasteiger partial charge in [0, 0.05) is 33.2 Å². The van der Waals surface area contributed by atoms with Gasteiger partial charge in [0.25, 0.3) is 0 Å². The largest absolute Gasteiger partial charge is 0.310 e. The maximum absolute atomic E-state index is 2.50. The van der Waals surface area contributed by atoms with Crippen LogP contribution in [-0.2, 0) is 0 Å². The fraction of sp³-hybridized carbons (Fsp3) is 0. The number of hydrogen-bond acceptors (Lipinski definition) is 2. The lowest BCUT2D eigenvalue weighted by Crippen LogP contribution is -2.11. The van der Waals surface area contributed by atoms with Crippen LogP contribution in [0.5, 0.6) is 0 Å². The molecule has 0 heterocycles. The molecule has 0 saturated carbocycles. The average molecular weight is 1070 g/mol. The molecule has 0 aliphatic carbocycles. The van der Waals surface area contributed by atoms with E-state index < -0.39 is 0 Å². The number of benzene rings is 17. The van der Waals surface area contributed by atoms with Gasteiger partial charge in [-0.2, -0.15) is 0 Å². The number of fused-ring (bicyclic) bond motifs is 12. The van der Waals surface area contributed by atoms with Crippen LogP contribution in [0, 0.1) is 0 Å². The Morgan fingerprint density at radius 3 is 0.940 bits per heavy atom. The molecule has 0 saturated heterocycles. The molecule has 0 spiro atoms. The maximum Gasteiger partial charge on any atom is 0.0540 e. The highest BCUT2D eigenvalue weighted by Crippen LogP contribution is 2.51. The van der Waals surface area contributed by atoms with Crippen molar-refractivity contribution >= 4 is 142 Å². The summed E-state index contributed by atoms with van der Waals surface area (Å²) in [7, 11) is 0. The third kappa shape index (κ3) is 7.73. The Hall–Kier alpha value is -11.1. The lowest BCUT2D eigenvalue weighted by molar-refractivity contribution is 1.31. The highest BCUT2D eigenvalue weighted by molar-refractivity contribution is 6.25. The van der Waals surface area contributed by atoms with Crippen molar-refractivity contribution in [3.8, 4) is 22.3 Å². The van der Waals surface area contributed by atoms with Crippen LogP contribution >= 0.6 is 0 Å². The quantitative estimate of drug-likeness (QED) is 0.111. The van der Waals surface area contributed by atoms with E-state index >= 15 is 0 Å². The molecule has 0 bridgehead atoms. The van der Waals surface area contributed by atoms with Gasteiger partial charge in [-0.25, -0.2) is 0 Å². The van der Waals surface area contributed by atoms with Crippen LogP contribution in [0.4, 0.5) is 34.1 Å². The normalized spacial score (nSPS) is 11.8. The van der Waals surface area contributed by atoms with E-state index in [-0.39, 0.29) is 0 Å². The number of hydrogen-bond donors (Lipinski definition) is 0. The number of nitrogens with zero attached hydrogens (tertiary/aromatic N) is 2. The van der Waals surface area contributed by atoms with Crippen molar-refractivity contribution in [1.29, 1.82) is 0 Å². The van der Waals surface area contributed by atoms with E-state index in [1.807, 2.05) is 0 Å². The average Bonchev–Trinajstić information content (AvgIpc) is 3.07. The van der Waals surface area contributed by atoms with Gasteiger partial charge in [0.1, 0.15) is 0 Å². The highest BCUT2D eigenvalue weighted by atomic mass is 15.2. The number of anilines is 6. The van der Waals surface area contributed by atoms with E-state index in [9.17, 15) is 0 Å². The van der Waals surface area contributed by atoms with Crippen LogP contribution in [0.25, 0.3) is 130 Å². The van der Waals surface area contributed by atoms with Gasteiger partial charge in [-0.1, -0.05) is 249 Å². The van der Waals surface area contributed by atoms with Gasteiger partial charge in [-0.3, -0.25) is 0 Å². The third-order valence-electron chi connectivity index (χ3n) is 17.7. The minimum absolute atomic E-state index is 1.08. The highest BCUT2D eigenvalue weighted by Gasteiger charge is 2.25. The molecule has 390 valence electrons. The zero-order valence-electron chi connectivity index (χ0n) is 45.9. The molecule has 0 atom stereocenters. The Morgan fingerprint density at radius 1 is 0.155 bits per heavy atom. The molecule has 17 aromatic rings. The molecule has 0 aliphatic rings. The molecule has 2 heteroatoms. The minimum atomic E-state index is 1.08. The van der Waals surface area contributed by atoms with Gasteiger partial charge < -0.3 is 9.80 Å². The van der Waals surface area contributed by atoms with Gasteiger partial charge in [-0.15, -0.1) is 0 Å². The standard InChI is InChI=1S/C82H52N2/c1-2-22-59-50-64(41-38-53(59)16-1)83(78-31-13-23-54-17-5-10-28-71(54)78)65-42-46-74-76(51-65)81(62-39-44-69-60(48-62)36-34-57-20-3-8-26-67(57)69)75-47-43-66(52-77(75)82(74)63-40-45-70-61(49-63)37-35-58-21-4-9-27-68(58)70)84(79-32-14-24-55-18-6-11-29-72(55)79)80-33-15-25-56-19-7-12-30-73(56)80/h1-52H. The molecule has 0 aliphatic heterocycles. The van der Waals surface area contributed by atoms with Crippen LogP contribution in [-0.4, -0.2) is 0 Å².